The number of carboxylic acids is 1. The van der Waals surface area contributed by atoms with E-state index in [1.807, 2.05) is 12.1 Å². The van der Waals surface area contributed by atoms with Crippen molar-refractivity contribution in [2.24, 2.45) is 0 Å². The van der Waals surface area contributed by atoms with Crippen LogP contribution in [0, 0.1) is 0 Å². The third-order valence-corrected chi connectivity index (χ3v) is 6.41. The number of ketones is 1. The zero-order valence-corrected chi connectivity index (χ0v) is 19.7. The highest BCUT2D eigenvalue weighted by molar-refractivity contribution is 9.10. The summed E-state index contributed by atoms with van der Waals surface area (Å²) in [5.41, 5.74) is 1.86. The van der Waals surface area contributed by atoms with E-state index in [0.29, 0.717) is 22.1 Å². The quantitative estimate of drug-likeness (QED) is 0.310. The third-order valence-electron chi connectivity index (χ3n) is 5.92. The number of fused-ring (bicyclic) bond motifs is 1. The van der Waals surface area contributed by atoms with Crippen LogP contribution in [0.2, 0.25) is 0 Å². The molecule has 1 aliphatic heterocycles. The molecule has 1 amide bonds. The first-order chi connectivity index (χ1) is 16.8. The Hall–Kier alpha value is -4.17. The lowest BCUT2D eigenvalue weighted by molar-refractivity contribution is -0.130. The van der Waals surface area contributed by atoms with Crippen LogP contribution < -0.4 is 0 Å². The van der Waals surface area contributed by atoms with Gasteiger partial charge in [0.15, 0.2) is 11.5 Å². The Morgan fingerprint density at radius 3 is 2.37 bits per heavy atom. The number of aromatic carboxylic acids is 1. The molecule has 1 unspecified atom stereocenters. The van der Waals surface area contributed by atoms with Crippen LogP contribution in [0.25, 0.3) is 11.0 Å². The number of rotatable bonds is 6. The molecule has 0 saturated carbocycles. The zero-order chi connectivity index (χ0) is 24.7. The van der Waals surface area contributed by atoms with Gasteiger partial charge in [0.25, 0.3) is 5.91 Å². The van der Waals surface area contributed by atoms with E-state index >= 15 is 0 Å². The summed E-state index contributed by atoms with van der Waals surface area (Å²) in [6, 6.07) is 21.1. The maximum Gasteiger partial charge on any atom is 0.335 e. The largest absolute Gasteiger partial charge is 0.503 e. The number of halogens is 1. The molecule has 1 aliphatic rings. The zero-order valence-electron chi connectivity index (χ0n) is 18.1. The fraction of sp³-hybridized carbons (Fsp3) is 0.0741. The van der Waals surface area contributed by atoms with E-state index in [9.17, 15) is 19.5 Å². The first-order valence-electron chi connectivity index (χ1n) is 10.7. The highest BCUT2D eigenvalue weighted by Gasteiger charge is 2.44. The van der Waals surface area contributed by atoms with Crippen LogP contribution in [0.1, 0.15) is 38.1 Å². The molecule has 0 bridgehead atoms. The molecule has 174 valence electrons. The molecule has 2 heterocycles. The predicted molar refractivity (Wildman–Crippen MR) is 131 cm³/mol. The van der Waals surface area contributed by atoms with Crippen LogP contribution in [-0.2, 0) is 11.3 Å². The lowest BCUT2D eigenvalue weighted by Gasteiger charge is -2.26. The van der Waals surface area contributed by atoms with Gasteiger partial charge in [0.1, 0.15) is 5.58 Å². The summed E-state index contributed by atoms with van der Waals surface area (Å²) in [4.78, 5) is 39.3. The number of carbonyl (C=O) groups excluding carboxylic acids is 2. The number of nitrogens with zero attached hydrogens (tertiary/aromatic N) is 1. The summed E-state index contributed by atoms with van der Waals surface area (Å²) in [6.45, 7) is 0.0617. The standard InChI is InChI=1S/C27H18BrNO6/c28-19-10-11-20-18(12-19)13-21(35-20)24(30)22-23(16-4-2-1-3-5-16)29(26(32)25(22)31)14-15-6-8-17(9-7-15)27(33)34/h1-13,23,31H,14H2,(H,33,34). The van der Waals surface area contributed by atoms with Gasteiger partial charge in [-0.25, -0.2) is 4.79 Å². The van der Waals surface area contributed by atoms with E-state index in [-0.39, 0.29) is 23.4 Å². The van der Waals surface area contributed by atoms with Gasteiger partial charge in [0.05, 0.1) is 17.2 Å². The Morgan fingerprint density at radius 2 is 1.69 bits per heavy atom. The maximum absolute atomic E-state index is 13.6. The van der Waals surface area contributed by atoms with Crippen LogP contribution in [-0.4, -0.2) is 32.8 Å². The summed E-state index contributed by atoms with van der Waals surface area (Å²) < 4.78 is 6.58. The molecule has 1 aromatic heterocycles. The lowest BCUT2D eigenvalue weighted by Crippen LogP contribution is -2.30. The molecule has 3 aromatic carbocycles. The number of carbonyl (C=O) groups is 3. The van der Waals surface area contributed by atoms with Crippen molar-refractivity contribution in [1.29, 1.82) is 0 Å². The van der Waals surface area contributed by atoms with Crippen LogP contribution >= 0.6 is 15.9 Å². The van der Waals surface area contributed by atoms with E-state index in [1.165, 1.54) is 17.0 Å². The maximum atomic E-state index is 13.6. The molecule has 0 fully saturated rings. The lowest BCUT2D eigenvalue weighted by atomic mass is 9.95. The highest BCUT2D eigenvalue weighted by atomic mass is 79.9. The number of benzene rings is 3. The van der Waals surface area contributed by atoms with Gasteiger partial charge in [-0.05, 0) is 47.5 Å². The first kappa shape index (κ1) is 22.6. The van der Waals surface area contributed by atoms with Crippen LogP contribution in [0.4, 0.5) is 0 Å². The summed E-state index contributed by atoms with van der Waals surface area (Å²) >= 11 is 3.39. The van der Waals surface area contributed by atoms with E-state index in [1.54, 1.807) is 54.6 Å². The van der Waals surface area contributed by atoms with Gasteiger partial charge < -0.3 is 19.5 Å². The second-order valence-corrected chi connectivity index (χ2v) is 9.05. The summed E-state index contributed by atoms with van der Waals surface area (Å²) in [6.07, 6.45) is 0. The summed E-state index contributed by atoms with van der Waals surface area (Å²) in [5.74, 6) is -2.95. The second kappa shape index (κ2) is 8.88. The fourth-order valence-corrected chi connectivity index (χ4v) is 4.62. The van der Waals surface area contributed by atoms with Gasteiger partial charge in [-0.1, -0.05) is 58.4 Å². The van der Waals surface area contributed by atoms with Gasteiger partial charge in [-0.2, -0.15) is 0 Å². The van der Waals surface area contributed by atoms with E-state index < -0.39 is 29.5 Å². The van der Waals surface area contributed by atoms with Crippen LogP contribution in [0.15, 0.2) is 99.1 Å². The monoisotopic (exact) mass is 531 g/mol. The van der Waals surface area contributed by atoms with Gasteiger partial charge in [0, 0.05) is 16.4 Å². The number of Topliss-reactive ketones (excluding diaryl/α,β-unsaturated/α-hetero) is 1. The molecule has 0 radical (unpaired) electrons. The van der Waals surface area contributed by atoms with Gasteiger partial charge in [0.2, 0.25) is 5.78 Å². The topological polar surface area (TPSA) is 108 Å². The number of hydrogen-bond acceptors (Lipinski definition) is 5. The molecule has 0 spiro atoms. The molecule has 0 saturated heterocycles. The smallest absolute Gasteiger partial charge is 0.335 e. The van der Waals surface area contributed by atoms with Crippen molar-refractivity contribution in [1.82, 2.24) is 4.90 Å². The first-order valence-corrected chi connectivity index (χ1v) is 11.5. The molecule has 8 heteroatoms. The number of aliphatic hydroxyl groups excluding tert-OH is 1. The number of carboxylic acid groups (broad SMARTS) is 1. The molecular weight excluding hydrogens is 514 g/mol. The molecule has 35 heavy (non-hydrogen) atoms. The average molecular weight is 532 g/mol. The van der Waals surface area contributed by atoms with Gasteiger partial charge >= 0.3 is 5.97 Å². The Kier molecular flexibility index (Phi) is 5.74. The number of aliphatic hydroxyl groups is 1. The van der Waals surface area contributed by atoms with Crippen LogP contribution in [0.3, 0.4) is 0 Å². The number of furan rings is 1. The molecule has 4 aromatic rings. The van der Waals surface area contributed by atoms with Crippen molar-refractivity contribution in [2.45, 2.75) is 12.6 Å². The minimum Gasteiger partial charge on any atom is -0.503 e. The highest BCUT2D eigenvalue weighted by Crippen LogP contribution is 2.40. The Balaban J connectivity index is 1.55. The van der Waals surface area contributed by atoms with E-state index in [4.69, 9.17) is 9.52 Å². The molecule has 1 atom stereocenters. The minimum atomic E-state index is -1.05. The van der Waals surface area contributed by atoms with Crippen molar-refractivity contribution in [3.05, 3.63) is 117 Å². The van der Waals surface area contributed by atoms with Crippen molar-refractivity contribution in [2.75, 3.05) is 0 Å². The molecule has 2 N–H and O–H groups in total. The number of hydrogen-bond donors (Lipinski definition) is 2. The fourth-order valence-electron chi connectivity index (χ4n) is 4.24. The second-order valence-electron chi connectivity index (χ2n) is 8.13. The molecule has 5 rings (SSSR count). The summed E-state index contributed by atoms with van der Waals surface area (Å²) in [7, 11) is 0. The van der Waals surface area contributed by atoms with Gasteiger partial charge in [-0.3, -0.25) is 9.59 Å². The minimum absolute atomic E-state index is 0.0149. The van der Waals surface area contributed by atoms with E-state index in [2.05, 4.69) is 15.9 Å². The van der Waals surface area contributed by atoms with E-state index in [0.717, 1.165) is 4.47 Å². The SMILES string of the molecule is O=C(O)c1ccc(CN2C(=O)C(O)=C(C(=O)c3cc4cc(Br)ccc4o3)C2c2ccccc2)cc1. The summed E-state index contributed by atoms with van der Waals surface area (Å²) in [5, 5.41) is 20.7. The third kappa shape index (κ3) is 4.13. The van der Waals surface area contributed by atoms with Crippen molar-refractivity contribution in [3.63, 3.8) is 0 Å². The number of amides is 1. The molecular formula is C27H18BrNO6. The van der Waals surface area contributed by atoms with Crippen LogP contribution in [0.5, 0.6) is 0 Å². The Labute approximate surface area is 208 Å². The molecule has 7 nitrogen and oxygen atoms in total. The van der Waals surface area contributed by atoms with Crippen molar-refractivity contribution >= 4 is 44.6 Å². The Bertz CT molecular complexity index is 1500. The van der Waals surface area contributed by atoms with Crippen molar-refractivity contribution < 1.29 is 29.0 Å². The average Bonchev–Trinajstić information content (AvgIpc) is 3.38. The Morgan fingerprint density at radius 1 is 0.971 bits per heavy atom. The normalized spacial score (nSPS) is 15.7. The molecule has 0 aliphatic carbocycles. The predicted octanol–water partition coefficient (Wildman–Crippen LogP) is 5.67. The van der Waals surface area contributed by atoms with Crippen molar-refractivity contribution in [3.8, 4) is 0 Å². The van der Waals surface area contributed by atoms with Gasteiger partial charge in [-0.15, -0.1) is 0 Å².